The molecule has 1 aromatic carbocycles. The zero-order valence-electron chi connectivity index (χ0n) is 15.6. The van der Waals surface area contributed by atoms with E-state index in [1.54, 1.807) is 25.3 Å². The van der Waals surface area contributed by atoms with Gasteiger partial charge in [0.2, 0.25) is 5.91 Å². The summed E-state index contributed by atoms with van der Waals surface area (Å²) in [5.74, 6) is -4.11. The molecule has 2 saturated heterocycles. The lowest BCUT2D eigenvalue weighted by molar-refractivity contribution is -0.275. The Kier molecular flexibility index (Phi) is 5.13. The third kappa shape index (κ3) is 3.96. The van der Waals surface area contributed by atoms with Crippen LogP contribution in [0.5, 0.6) is 5.75 Å². The van der Waals surface area contributed by atoms with Crippen LogP contribution in [-0.4, -0.2) is 35.6 Å². The molecule has 1 aromatic heterocycles. The first-order valence-electron chi connectivity index (χ1n) is 9.20. The van der Waals surface area contributed by atoms with Crippen LogP contribution in [0.4, 0.5) is 27.6 Å². The molecule has 0 spiro atoms. The van der Waals surface area contributed by atoms with E-state index in [0.717, 1.165) is 18.2 Å². The van der Waals surface area contributed by atoms with Gasteiger partial charge in [0.1, 0.15) is 6.17 Å². The maximum Gasteiger partial charge on any atom is 0.573 e. The topological polar surface area (TPSA) is 60.5 Å². The predicted octanol–water partition coefficient (Wildman–Crippen LogP) is 4.28. The number of rotatable bonds is 4. The highest BCUT2D eigenvalue weighted by molar-refractivity contribution is 5.94. The third-order valence-corrected chi connectivity index (χ3v) is 5.32. The minimum Gasteiger partial charge on any atom is -0.403 e. The Morgan fingerprint density at radius 3 is 2.70 bits per heavy atom. The average Bonchev–Trinajstić information content (AvgIpc) is 3.20. The number of pyridine rings is 1. The van der Waals surface area contributed by atoms with E-state index in [0.29, 0.717) is 11.3 Å². The molecule has 30 heavy (non-hydrogen) atoms. The second kappa shape index (κ2) is 7.50. The summed E-state index contributed by atoms with van der Waals surface area (Å²) < 4.78 is 74.4. The second-order valence-corrected chi connectivity index (χ2v) is 7.36. The van der Waals surface area contributed by atoms with Crippen LogP contribution in [0.25, 0.3) is 0 Å². The number of benzene rings is 1. The van der Waals surface area contributed by atoms with Crippen molar-refractivity contribution >= 4 is 11.6 Å². The molecule has 2 aliphatic rings. The number of fused-ring (bicyclic) bond motifs is 2. The number of alkyl halides is 4. The van der Waals surface area contributed by atoms with Crippen molar-refractivity contribution in [3.8, 4) is 5.75 Å². The quantitative estimate of drug-likeness (QED) is 0.739. The van der Waals surface area contributed by atoms with Crippen molar-refractivity contribution < 1.29 is 36.2 Å². The molecule has 2 bridgehead atoms. The number of hydrogen-bond donors (Lipinski definition) is 1. The van der Waals surface area contributed by atoms with Crippen molar-refractivity contribution in [2.45, 2.75) is 44.0 Å². The molecule has 1 amide bonds. The van der Waals surface area contributed by atoms with Gasteiger partial charge in [0, 0.05) is 36.0 Å². The first-order chi connectivity index (χ1) is 14.1. The number of nitrogens with zero attached hydrogens (tertiary/aromatic N) is 1. The Hall–Kier alpha value is -2.75. The fourth-order valence-corrected chi connectivity index (χ4v) is 4.19. The number of amides is 1. The molecule has 160 valence electrons. The van der Waals surface area contributed by atoms with E-state index >= 15 is 0 Å². The highest BCUT2D eigenvalue weighted by Gasteiger charge is 2.57. The first kappa shape index (κ1) is 20.5. The average molecular weight is 428 g/mol. The van der Waals surface area contributed by atoms with Crippen molar-refractivity contribution in [1.29, 1.82) is 0 Å². The van der Waals surface area contributed by atoms with E-state index in [1.807, 2.05) is 0 Å². The van der Waals surface area contributed by atoms with E-state index in [2.05, 4.69) is 15.0 Å². The van der Waals surface area contributed by atoms with Gasteiger partial charge in [0.25, 0.3) is 0 Å². The number of carbonyl (C=O) groups excluding carboxylic acids is 1. The van der Waals surface area contributed by atoms with Crippen molar-refractivity contribution in [3.63, 3.8) is 0 Å². The van der Waals surface area contributed by atoms with Crippen LogP contribution in [0.3, 0.4) is 0 Å². The highest BCUT2D eigenvalue weighted by atomic mass is 19.4. The standard InChI is InChI=1S/C20H17F5N2O3/c1-9-6-10(4-5-26-9)16-17(15-8-13(22)18(16)29-15)19(28)27-11-2-3-14(12(21)7-11)30-20(23,24)25/h2-7,13,15-18H,8H2,1H3,(H,27,28)/t13-,15-,16-,17+,18+/m1/s1. The molecule has 0 aliphatic carbocycles. The summed E-state index contributed by atoms with van der Waals surface area (Å²) in [4.78, 5) is 17.0. The molecule has 4 rings (SSSR count). The normalized spacial score (nSPS) is 27.9. The Bertz CT molecular complexity index is 968. The van der Waals surface area contributed by atoms with Gasteiger partial charge in [-0.3, -0.25) is 9.78 Å². The molecular weight excluding hydrogens is 411 g/mol. The number of ether oxygens (including phenoxy) is 2. The number of carbonyl (C=O) groups is 1. The maximum atomic E-state index is 14.3. The van der Waals surface area contributed by atoms with Crippen molar-refractivity contribution in [2.24, 2.45) is 5.92 Å². The molecule has 2 aliphatic heterocycles. The maximum absolute atomic E-state index is 14.3. The van der Waals surface area contributed by atoms with Crippen molar-refractivity contribution in [2.75, 3.05) is 5.32 Å². The Labute approximate surface area is 168 Å². The van der Waals surface area contributed by atoms with Gasteiger partial charge in [-0.2, -0.15) is 0 Å². The second-order valence-electron chi connectivity index (χ2n) is 7.36. The van der Waals surface area contributed by atoms with Gasteiger partial charge < -0.3 is 14.8 Å². The lowest BCUT2D eigenvalue weighted by Gasteiger charge is -2.29. The smallest absolute Gasteiger partial charge is 0.403 e. The van der Waals surface area contributed by atoms with E-state index in [9.17, 15) is 26.7 Å². The Morgan fingerprint density at radius 1 is 1.27 bits per heavy atom. The summed E-state index contributed by atoms with van der Waals surface area (Å²) in [5, 5.41) is 2.49. The lowest BCUT2D eigenvalue weighted by atomic mass is 9.74. The SMILES string of the molecule is Cc1cc([C@H]2[C@H]3O[C@H](C[C@H]3F)[C@@H]2C(=O)Nc2ccc(OC(F)(F)F)c(F)c2)ccn1. The molecule has 10 heteroatoms. The summed E-state index contributed by atoms with van der Waals surface area (Å²) in [6.45, 7) is 1.77. The fraction of sp³-hybridized carbons (Fsp3) is 0.400. The zero-order chi connectivity index (χ0) is 21.6. The minimum absolute atomic E-state index is 0.0451. The summed E-state index contributed by atoms with van der Waals surface area (Å²) in [5.41, 5.74) is 1.36. The minimum atomic E-state index is -5.04. The monoisotopic (exact) mass is 428 g/mol. The van der Waals surface area contributed by atoms with Crippen LogP contribution in [0, 0.1) is 18.7 Å². The molecule has 2 aromatic rings. The highest BCUT2D eigenvalue weighted by Crippen LogP contribution is 2.50. The molecule has 0 unspecified atom stereocenters. The zero-order valence-corrected chi connectivity index (χ0v) is 15.6. The lowest BCUT2D eigenvalue weighted by Crippen LogP contribution is -2.39. The molecule has 2 fully saturated rings. The molecular formula is C20H17F5N2O3. The number of hydrogen-bond acceptors (Lipinski definition) is 4. The van der Waals surface area contributed by atoms with Gasteiger partial charge in [-0.25, -0.2) is 8.78 Å². The van der Waals surface area contributed by atoms with Crippen molar-refractivity contribution in [3.05, 3.63) is 53.6 Å². The molecule has 5 nitrogen and oxygen atoms in total. The number of aromatic nitrogens is 1. The van der Waals surface area contributed by atoms with Crippen LogP contribution >= 0.6 is 0 Å². The number of anilines is 1. The summed E-state index contributed by atoms with van der Waals surface area (Å²) >= 11 is 0. The van der Waals surface area contributed by atoms with Crippen LogP contribution in [0.1, 0.15) is 23.6 Å². The number of aryl methyl sites for hydroxylation is 1. The largest absolute Gasteiger partial charge is 0.573 e. The summed E-state index contributed by atoms with van der Waals surface area (Å²) in [7, 11) is 0. The van der Waals surface area contributed by atoms with E-state index in [1.165, 1.54) is 0 Å². The number of nitrogens with one attached hydrogen (secondary N) is 1. The molecule has 0 saturated carbocycles. The van der Waals surface area contributed by atoms with E-state index in [-0.39, 0.29) is 12.1 Å². The van der Waals surface area contributed by atoms with Crippen LogP contribution in [-0.2, 0) is 9.53 Å². The number of halogens is 5. The van der Waals surface area contributed by atoms with Crippen molar-refractivity contribution in [1.82, 2.24) is 4.98 Å². The molecule has 1 N–H and O–H groups in total. The summed E-state index contributed by atoms with van der Waals surface area (Å²) in [6.07, 6.45) is -6.06. The third-order valence-electron chi connectivity index (χ3n) is 5.32. The molecule has 0 radical (unpaired) electrons. The van der Waals surface area contributed by atoms with E-state index in [4.69, 9.17) is 4.74 Å². The first-order valence-corrected chi connectivity index (χ1v) is 9.20. The Morgan fingerprint density at radius 2 is 2.03 bits per heavy atom. The molecule has 5 atom stereocenters. The van der Waals surface area contributed by atoms with Gasteiger partial charge in [0.05, 0.1) is 18.1 Å². The summed E-state index contributed by atoms with van der Waals surface area (Å²) in [6, 6.07) is 6.05. The van der Waals surface area contributed by atoms with Gasteiger partial charge >= 0.3 is 6.36 Å². The van der Waals surface area contributed by atoms with Gasteiger partial charge in [-0.1, -0.05) is 0 Å². The van der Waals surface area contributed by atoms with Crippen LogP contribution in [0.2, 0.25) is 0 Å². The predicted molar refractivity (Wildman–Crippen MR) is 95.1 cm³/mol. The fourth-order valence-electron chi connectivity index (χ4n) is 4.19. The van der Waals surface area contributed by atoms with E-state index < -0.39 is 54.1 Å². The molecule has 3 heterocycles. The van der Waals surface area contributed by atoms with Gasteiger partial charge in [-0.15, -0.1) is 13.2 Å². The van der Waals surface area contributed by atoms with Crippen LogP contribution < -0.4 is 10.1 Å². The Balaban J connectivity index is 1.56. The van der Waals surface area contributed by atoms with Crippen LogP contribution in [0.15, 0.2) is 36.5 Å². The van der Waals surface area contributed by atoms with Gasteiger partial charge in [0.15, 0.2) is 11.6 Å². The van der Waals surface area contributed by atoms with Gasteiger partial charge in [-0.05, 0) is 36.8 Å².